The zero-order valence-corrected chi connectivity index (χ0v) is 14.9. The minimum Gasteiger partial charge on any atom is -0.488 e. The van der Waals surface area contributed by atoms with Gasteiger partial charge in [0.15, 0.2) is 0 Å². The van der Waals surface area contributed by atoms with Crippen molar-refractivity contribution in [3.05, 3.63) is 58.9 Å². The van der Waals surface area contributed by atoms with Gasteiger partial charge in [0.2, 0.25) is 0 Å². The Hall–Kier alpha value is -2.89. The summed E-state index contributed by atoms with van der Waals surface area (Å²) in [5.74, 6) is -0.360. The number of benzene rings is 1. The minimum atomic E-state index is -0.843. The first kappa shape index (κ1) is 17.9. The monoisotopic (exact) mass is 354 g/mol. The Morgan fingerprint density at radius 3 is 2.50 bits per heavy atom. The number of aryl methyl sites for hydroxylation is 2. The van der Waals surface area contributed by atoms with E-state index in [9.17, 15) is 14.7 Å². The van der Waals surface area contributed by atoms with Crippen LogP contribution in [0.25, 0.3) is 0 Å². The largest absolute Gasteiger partial charge is 0.488 e. The highest BCUT2D eigenvalue weighted by Crippen LogP contribution is 2.45. The van der Waals surface area contributed by atoms with Crippen LogP contribution in [-0.4, -0.2) is 28.5 Å². The fraction of sp³-hybridized carbons (Fsp3) is 0.350. The molecule has 1 saturated carbocycles. The van der Waals surface area contributed by atoms with Crippen molar-refractivity contribution < 1.29 is 19.4 Å². The molecule has 26 heavy (non-hydrogen) atoms. The van der Waals surface area contributed by atoms with Gasteiger partial charge in [-0.3, -0.25) is 14.6 Å². The van der Waals surface area contributed by atoms with Crippen molar-refractivity contribution in [2.45, 2.75) is 33.3 Å². The zero-order valence-electron chi connectivity index (χ0n) is 14.9. The van der Waals surface area contributed by atoms with Crippen molar-refractivity contribution >= 4 is 11.9 Å². The smallest absolute Gasteiger partial charge is 0.311 e. The highest BCUT2D eigenvalue weighted by molar-refractivity contribution is 5.95. The summed E-state index contributed by atoms with van der Waals surface area (Å²) in [7, 11) is 0. The zero-order chi connectivity index (χ0) is 18.7. The van der Waals surface area contributed by atoms with Gasteiger partial charge in [-0.2, -0.15) is 0 Å². The van der Waals surface area contributed by atoms with Crippen LogP contribution < -0.4 is 10.1 Å². The predicted octanol–water partition coefficient (Wildman–Crippen LogP) is 2.87. The van der Waals surface area contributed by atoms with Gasteiger partial charge in [0.25, 0.3) is 5.91 Å². The van der Waals surface area contributed by atoms with Gasteiger partial charge in [-0.05, 0) is 56.0 Å². The number of nitrogens with one attached hydrogen (secondary N) is 1. The number of ether oxygens (including phenoxy) is 1. The Kier molecular flexibility index (Phi) is 4.93. The maximum absolute atomic E-state index is 12.4. The van der Waals surface area contributed by atoms with Crippen LogP contribution in [0.3, 0.4) is 0 Å². The molecule has 6 nitrogen and oxygen atoms in total. The summed E-state index contributed by atoms with van der Waals surface area (Å²) in [5.41, 5.74) is 2.43. The Labute approximate surface area is 152 Å². The molecule has 1 heterocycles. The molecule has 136 valence electrons. The van der Waals surface area contributed by atoms with E-state index in [1.54, 1.807) is 24.5 Å². The molecule has 0 radical (unpaired) electrons. The Morgan fingerprint density at radius 2 is 1.96 bits per heavy atom. The molecule has 2 N–H and O–H groups in total. The van der Waals surface area contributed by atoms with E-state index in [0.717, 1.165) is 22.4 Å². The maximum atomic E-state index is 12.4. The number of aromatic nitrogens is 1. The van der Waals surface area contributed by atoms with Gasteiger partial charge in [0.1, 0.15) is 12.4 Å². The van der Waals surface area contributed by atoms with Crippen molar-refractivity contribution in [1.82, 2.24) is 10.3 Å². The Bertz CT molecular complexity index is 806. The molecule has 3 rings (SSSR count). The molecule has 1 aliphatic carbocycles. The van der Waals surface area contributed by atoms with Gasteiger partial charge in [0.05, 0.1) is 5.41 Å². The van der Waals surface area contributed by atoms with Crippen molar-refractivity contribution in [2.24, 2.45) is 5.41 Å². The van der Waals surface area contributed by atoms with Crippen LogP contribution >= 0.6 is 0 Å². The van der Waals surface area contributed by atoms with Crippen molar-refractivity contribution in [2.75, 3.05) is 6.54 Å². The van der Waals surface area contributed by atoms with Gasteiger partial charge in [-0.1, -0.05) is 6.07 Å². The lowest BCUT2D eigenvalue weighted by atomic mass is 10.0. The number of amides is 1. The van der Waals surface area contributed by atoms with Crippen LogP contribution in [0, 0.1) is 19.3 Å². The van der Waals surface area contributed by atoms with Crippen molar-refractivity contribution in [1.29, 1.82) is 0 Å². The molecule has 6 heteroatoms. The SMILES string of the molecule is Cc1cc(C(=O)NCC2(C(=O)O)CC2)cc(C)c1OCc1cccnc1. The van der Waals surface area contributed by atoms with Gasteiger partial charge in [-0.25, -0.2) is 0 Å². The topological polar surface area (TPSA) is 88.5 Å². The molecule has 2 aromatic rings. The van der Waals surface area contributed by atoms with E-state index < -0.39 is 11.4 Å². The molecule has 0 unspecified atom stereocenters. The summed E-state index contributed by atoms with van der Waals surface area (Å²) in [6.07, 6.45) is 4.69. The van der Waals surface area contributed by atoms with E-state index in [1.807, 2.05) is 26.0 Å². The predicted molar refractivity (Wildman–Crippen MR) is 96.1 cm³/mol. The van der Waals surface area contributed by atoms with Crippen LogP contribution in [0.1, 0.15) is 39.9 Å². The summed E-state index contributed by atoms with van der Waals surface area (Å²) in [6, 6.07) is 7.33. The fourth-order valence-electron chi connectivity index (χ4n) is 2.92. The Balaban J connectivity index is 1.66. The molecule has 1 aliphatic rings. The van der Waals surface area contributed by atoms with E-state index in [0.29, 0.717) is 25.0 Å². The number of hydrogen-bond acceptors (Lipinski definition) is 4. The maximum Gasteiger partial charge on any atom is 0.311 e. The van der Waals surface area contributed by atoms with E-state index >= 15 is 0 Å². The number of pyridine rings is 1. The lowest BCUT2D eigenvalue weighted by Crippen LogP contribution is -2.34. The molecule has 1 aromatic carbocycles. The number of carbonyl (C=O) groups is 2. The fourth-order valence-corrected chi connectivity index (χ4v) is 2.92. The third kappa shape index (κ3) is 3.85. The summed E-state index contributed by atoms with van der Waals surface area (Å²) in [4.78, 5) is 27.6. The standard InChI is InChI=1S/C20H22N2O4/c1-13-8-16(18(23)22-12-20(5-6-20)19(24)25)9-14(2)17(13)26-11-15-4-3-7-21-10-15/h3-4,7-10H,5-6,11-12H2,1-2H3,(H,22,23)(H,24,25). The molecular weight excluding hydrogens is 332 g/mol. The lowest BCUT2D eigenvalue weighted by molar-refractivity contribution is -0.143. The van der Waals surface area contributed by atoms with Gasteiger partial charge >= 0.3 is 5.97 Å². The lowest BCUT2D eigenvalue weighted by Gasteiger charge is -2.15. The van der Waals surface area contributed by atoms with Crippen LogP contribution in [0.15, 0.2) is 36.7 Å². The van der Waals surface area contributed by atoms with E-state index in [-0.39, 0.29) is 12.5 Å². The number of rotatable bonds is 7. The second-order valence-corrected chi connectivity index (χ2v) is 6.86. The minimum absolute atomic E-state index is 0.165. The number of carboxylic acids is 1. The van der Waals surface area contributed by atoms with E-state index in [4.69, 9.17) is 4.74 Å². The molecule has 1 amide bonds. The first-order chi connectivity index (χ1) is 12.4. The number of nitrogens with zero attached hydrogens (tertiary/aromatic N) is 1. The van der Waals surface area contributed by atoms with E-state index in [2.05, 4.69) is 10.3 Å². The number of carboxylic acid groups (broad SMARTS) is 1. The summed E-state index contributed by atoms with van der Waals surface area (Å²) in [6.45, 7) is 4.35. The van der Waals surface area contributed by atoms with Crippen LogP contribution in [-0.2, 0) is 11.4 Å². The normalized spacial score (nSPS) is 14.5. The quantitative estimate of drug-likeness (QED) is 0.798. The van der Waals surface area contributed by atoms with Crippen molar-refractivity contribution in [3.8, 4) is 5.75 Å². The Morgan fingerprint density at radius 1 is 1.27 bits per heavy atom. The summed E-state index contributed by atoms with van der Waals surface area (Å²) < 4.78 is 5.89. The molecule has 0 bridgehead atoms. The summed E-state index contributed by atoms with van der Waals surface area (Å²) in [5, 5.41) is 11.9. The highest BCUT2D eigenvalue weighted by Gasteiger charge is 2.50. The van der Waals surface area contributed by atoms with Crippen LogP contribution in [0.4, 0.5) is 0 Å². The third-order valence-electron chi connectivity index (χ3n) is 4.72. The summed E-state index contributed by atoms with van der Waals surface area (Å²) >= 11 is 0. The second kappa shape index (κ2) is 7.15. The molecule has 0 spiro atoms. The number of hydrogen-bond donors (Lipinski definition) is 2. The second-order valence-electron chi connectivity index (χ2n) is 6.86. The van der Waals surface area contributed by atoms with Gasteiger partial charge < -0.3 is 15.2 Å². The molecule has 1 aromatic heterocycles. The molecule has 0 saturated heterocycles. The molecule has 0 aliphatic heterocycles. The van der Waals surface area contributed by atoms with Crippen LogP contribution in [0.5, 0.6) is 5.75 Å². The first-order valence-corrected chi connectivity index (χ1v) is 8.56. The number of carbonyl (C=O) groups excluding carboxylic acids is 1. The average molecular weight is 354 g/mol. The van der Waals surface area contributed by atoms with Crippen molar-refractivity contribution in [3.63, 3.8) is 0 Å². The highest BCUT2D eigenvalue weighted by atomic mass is 16.5. The first-order valence-electron chi connectivity index (χ1n) is 8.56. The molecular formula is C20H22N2O4. The van der Waals surface area contributed by atoms with Gasteiger partial charge in [0, 0.05) is 30.1 Å². The van der Waals surface area contributed by atoms with Crippen LogP contribution in [0.2, 0.25) is 0 Å². The third-order valence-corrected chi connectivity index (χ3v) is 4.72. The van der Waals surface area contributed by atoms with E-state index in [1.165, 1.54) is 0 Å². The number of aliphatic carboxylic acids is 1. The molecule has 1 fully saturated rings. The average Bonchev–Trinajstić information content (AvgIpc) is 3.41. The molecule has 0 atom stereocenters. The van der Waals surface area contributed by atoms with Gasteiger partial charge in [-0.15, -0.1) is 0 Å².